The van der Waals surface area contributed by atoms with Crippen molar-refractivity contribution in [1.29, 1.82) is 0 Å². The van der Waals surface area contributed by atoms with Gasteiger partial charge in [-0.1, -0.05) is 11.6 Å². The standard InChI is InChI=1S/C27H16Cl2F5IN2O6/c1-43-12-5-7(4-11(35)21(12)38)14-8-2-3-9-13(23(40)36-22(9)39)10(8)6-26(28)24(41)37(25(42)27(14,26)29)20-18(33)16(31)15(30)17(32)19(20)34/h2,4-5,9-10,13-14,38H,3,6H2,1H3,(H,36,39,40). The molecule has 6 unspecified atom stereocenters. The molecular weight excluding hydrogens is 741 g/mol. The predicted octanol–water partition coefficient (Wildman–Crippen LogP) is 4.55. The number of amides is 4. The Balaban J connectivity index is 1.64. The molecule has 0 bridgehead atoms. The lowest BCUT2D eigenvalue weighted by molar-refractivity contribution is -0.127. The van der Waals surface area contributed by atoms with Gasteiger partial charge in [0.1, 0.15) is 5.69 Å². The van der Waals surface area contributed by atoms with Crippen molar-refractivity contribution in [2.24, 2.45) is 17.8 Å². The minimum absolute atomic E-state index is 0.0165. The number of allylic oxidation sites excluding steroid dienone is 2. The lowest BCUT2D eigenvalue weighted by atomic mass is 9.56. The quantitative estimate of drug-likeness (QED) is 0.0905. The second-order valence-electron chi connectivity index (χ2n) is 10.6. The van der Waals surface area contributed by atoms with E-state index in [1.165, 1.54) is 19.2 Å². The number of alkyl halides is 2. The summed E-state index contributed by atoms with van der Waals surface area (Å²) in [5.41, 5.74) is -1.47. The third-order valence-electron chi connectivity index (χ3n) is 8.67. The number of phenols is 1. The van der Waals surface area contributed by atoms with Gasteiger partial charge in [-0.3, -0.25) is 24.5 Å². The summed E-state index contributed by atoms with van der Waals surface area (Å²) < 4.78 is 77.8. The van der Waals surface area contributed by atoms with E-state index in [1.54, 1.807) is 28.7 Å². The van der Waals surface area contributed by atoms with Crippen LogP contribution in [0.5, 0.6) is 11.5 Å². The number of anilines is 1. The summed E-state index contributed by atoms with van der Waals surface area (Å²) in [6.07, 6.45) is 0.966. The summed E-state index contributed by atoms with van der Waals surface area (Å²) in [6.45, 7) is 0. The number of hydrogen-bond donors (Lipinski definition) is 2. The van der Waals surface area contributed by atoms with Crippen molar-refractivity contribution < 1.29 is 51.0 Å². The number of nitrogens with one attached hydrogen (secondary N) is 1. The zero-order chi connectivity index (χ0) is 31.5. The highest BCUT2D eigenvalue weighted by Gasteiger charge is 2.77. The molecule has 226 valence electrons. The topological polar surface area (TPSA) is 113 Å². The number of fused-ring (bicyclic) bond motifs is 4. The minimum Gasteiger partial charge on any atom is -0.504 e. The number of rotatable bonds is 3. The second-order valence-corrected chi connectivity index (χ2v) is 13.0. The van der Waals surface area contributed by atoms with Gasteiger partial charge in [0.15, 0.2) is 44.5 Å². The Hall–Kier alpha value is -2.98. The lowest BCUT2D eigenvalue weighted by Gasteiger charge is -2.50. The maximum Gasteiger partial charge on any atom is 0.258 e. The smallest absolute Gasteiger partial charge is 0.258 e. The molecule has 2 N–H and O–H groups in total. The highest BCUT2D eigenvalue weighted by molar-refractivity contribution is 14.1. The van der Waals surface area contributed by atoms with E-state index in [1.807, 2.05) is 0 Å². The largest absolute Gasteiger partial charge is 0.504 e. The Bertz CT molecular complexity index is 1710. The molecule has 6 rings (SSSR count). The third-order valence-corrected chi connectivity index (χ3v) is 10.9. The molecular formula is C27H16Cl2F5IN2O6. The Morgan fingerprint density at radius 3 is 2.16 bits per heavy atom. The number of halogens is 8. The average Bonchev–Trinajstić information content (AvgIpc) is 3.34. The van der Waals surface area contributed by atoms with Crippen molar-refractivity contribution >= 4 is 75.1 Å². The highest BCUT2D eigenvalue weighted by atomic mass is 127. The molecule has 8 nitrogen and oxygen atoms in total. The van der Waals surface area contributed by atoms with Crippen LogP contribution >= 0.6 is 45.8 Å². The first-order valence-corrected chi connectivity index (χ1v) is 14.3. The molecule has 0 radical (unpaired) electrons. The summed E-state index contributed by atoms with van der Waals surface area (Å²) in [4.78, 5) is 48.1. The third kappa shape index (κ3) is 3.71. The van der Waals surface area contributed by atoms with Crippen LogP contribution in [0.1, 0.15) is 24.3 Å². The van der Waals surface area contributed by atoms with Crippen molar-refractivity contribution in [2.45, 2.75) is 28.5 Å². The van der Waals surface area contributed by atoms with E-state index in [-0.39, 0.29) is 37.5 Å². The average molecular weight is 757 g/mol. The molecule has 4 aliphatic rings. The number of methoxy groups -OCH3 is 1. The van der Waals surface area contributed by atoms with Gasteiger partial charge in [0.2, 0.25) is 17.6 Å². The lowest BCUT2D eigenvalue weighted by Crippen LogP contribution is -2.60. The molecule has 16 heteroatoms. The minimum atomic E-state index is -2.66. The number of carbonyl (C=O) groups is 4. The van der Waals surface area contributed by atoms with Gasteiger partial charge < -0.3 is 9.84 Å². The molecule has 2 aliphatic heterocycles. The molecule has 6 atom stereocenters. The van der Waals surface area contributed by atoms with Crippen LogP contribution in [0, 0.1) is 50.4 Å². The van der Waals surface area contributed by atoms with Crippen LogP contribution in [-0.2, 0) is 19.2 Å². The molecule has 4 amide bonds. The van der Waals surface area contributed by atoms with Gasteiger partial charge >= 0.3 is 0 Å². The van der Waals surface area contributed by atoms with Crippen LogP contribution in [-0.4, -0.2) is 45.6 Å². The fraction of sp³-hybridized carbons (Fsp3) is 0.333. The maximum absolute atomic E-state index is 15.0. The number of aromatic hydroxyl groups is 1. The summed E-state index contributed by atoms with van der Waals surface area (Å²) in [6, 6.07) is 2.65. The summed E-state index contributed by atoms with van der Waals surface area (Å²) in [7, 11) is 1.23. The van der Waals surface area contributed by atoms with E-state index in [0.717, 1.165) is 0 Å². The SMILES string of the molecule is COc1cc(C2C3=CCC4C(=O)NC(=O)C4C3CC3(Cl)C(=O)N(c4c(F)c(F)c(F)c(F)c4F)C(=O)C23Cl)cc(I)c1O. The molecule has 2 saturated heterocycles. The van der Waals surface area contributed by atoms with Crippen LogP contribution in [0.4, 0.5) is 27.6 Å². The van der Waals surface area contributed by atoms with Crippen LogP contribution in [0.3, 0.4) is 0 Å². The van der Waals surface area contributed by atoms with Crippen LogP contribution in [0.15, 0.2) is 23.8 Å². The fourth-order valence-electron chi connectivity index (χ4n) is 6.77. The number of hydrogen-bond acceptors (Lipinski definition) is 6. The van der Waals surface area contributed by atoms with E-state index in [2.05, 4.69) is 5.32 Å². The van der Waals surface area contributed by atoms with Crippen molar-refractivity contribution in [3.63, 3.8) is 0 Å². The molecule has 0 spiro atoms. The zero-order valence-corrected chi connectivity index (χ0v) is 25.1. The number of nitrogens with zero attached hydrogens (tertiary/aromatic N) is 1. The van der Waals surface area contributed by atoms with Crippen molar-refractivity contribution in [3.8, 4) is 11.5 Å². The summed E-state index contributed by atoms with van der Waals surface area (Å²) in [5.74, 6) is -21.5. The zero-order valence-electron chi connectivity index (χ0n) is 21.4. The van der Waals surface area contributed by atoms with Crippen molar-refractivity contribution in [2.75, 3.05) is 12.0 Å². The van der Waals surface area contributed by atoms with E-state index >= 15 is 8.78 Å². The Morgan fingerprint density at radius 2 is 1.56 bits per heavy atom. The van der Waals surface area contributed by atoms with E-state index in [9.17, 15) is 37.5 Å². The van der Waals surface area contributed by atoms with Crippen molar-refractivity contribution in [3.05, 3.63) is 62.0 Å². The summed E-state index contributed by atoms with van der Waals surface area (Å²) >= 11 is 15.7. The van der Waals surface area contributed by atoms with Gasteiger partial charge in [0.05, 0.1) is 22.5 Å². The van der Waals surface area contributed by atoms with Crippen LogP contribution in [0.2, 0.25) is 0 Å². The molecule has 0 aromatic heterocycles. The fourth-order valence-corrected chi connectivity index (χ4v) is 8.33. The predicted molar refractivity (Wildman–Crippen MR) is 147 cm³/mol. The summed E-state index contributed by atoms with van der Waals surface area (Å²) in [5, 5.41) is 12.7. The number of ether oxygens (including phenoxy) is 1. The van der Waals surface area contributed by atoms with Crippen LogP contribution < -0.4 is 15.0 Å². The van der Waals surface area contributed by atoms with E-state index in [0.29, 0.717) is 0 Å². The maximum atomic E-state index is 15.0. The van der Waals surface area contributed by atoms with Gasteiger partial charge in [0, 0.05) is 5.92 Å². The number of carbonyl (C=O) groups excluding carboxylic acids is 4. The Morgan fingerprint density at radius 1 is 0.953 bits per heavy atom. The van der Waals surface area contributed by atoms with Crippen molar-refractivity contribution in [1.82, 2.24) is 5.32 Å². The second kappa shape index (κ2) is 9.76. The highest BCUT2D eigenvalue weighted by Crippen LogP contribution is 2.66. The molecule has 2 aromatic rings. The van der Waals surface area contributed by atoms with E-state index in [4.69, 9.17) is 27.9 Å². The first kappa shape index (κ1) is 30.1. The molecule has 2 aliphatic carbocycles. The Kier molecular flexibility index (Phi) is 6.82. The number of imide groups is 2. The van der Waals surface area contributed by atoms with Gasteiger partial charge in [-0.25, -0.2) is 26.9 Å². The van der Waals surface area contributed by atoms with E-state index < -0.39 is 98.2 Å². The van der Waals surface area contributed by atoms with Gasteiger partial charge in [0.25, 0.3) is 11.8 Å². The first-order chi connectivity index (χ1) is 20.1. The molecule has 2 heterocycles. The van der Waals surface area contributed by atoms with Crippen LogP contribution in [0.25, 0.3) is 0 Å². The van der Waals surface area contributed by atoms with Gasteiger partial charge in [-0.2, -0.15) is 0 Å². The monoisotopic (exact) mass is 756 g/mol. The molecule has 2 aromatic carbocycles. The normalized spacial score (nSPS) is 31.5. The molecule has 43 heavy (non-hydrogen) atoms. The van der Waals surface area contributed by atoms with Gasteiger partial charge in [-0.15, -0.1) is 23.2 Å². The molecule has 3 fully saturated rings. The first-order valence-electron chi connectivity index (χ1n) is 12.5. The number of phenolic OH excluding ortho intramolecular Hbond substituents is 1. The van der Waals surface area contributed by atoms with Gasteiger partial charge in [-0.05, 0) is 59.0 Å². The number of benzene rings is 2. The molecule has 1 saturated carbocycles. The Labute approximate surface area is 262 Å².